The second kappa shape index (κ2) is 6.42. The van der Waals surface area contributed by atoms with E-state index in [0.717, 1.165) is 12.8 Å². The number of nitrogens with zero attached hydrogens (tertiary/aromatic N) is 1. The lowest BCUT2D eigenvalue weighted by Gasteiger charge is -2.36. The van der Waals surface area contributed by atoms with Crippen molar-refractivity contribution >= 4 is 33.2 Å². The number of piperidine rings is 1. The summed E-state index contributed by atoms with van der Waals surface area (Å²) in [5, 5.41) is 9.58. The Bertz CT molecular complexity index is 633. The number of benzene rings is 1. The predicted molar refractivity (Wildman–Crippen MR) is 84.1 cm³/mol. The van der Waals surface area contributed by atoms with Gasteiger partial charge in [0.2, 0.25) is 10.0 Å². The molecule has 7 heteroatoms. The van der Waals surface area contributed by atoms with Gasteiger partial charge in [-0.15, -0.1) is 0 Å². The van der Waals surface area contributed by atoms with E-state index in [1.54, 1.807) is 0 Å². The smallest absolute Gasteiger partial charge is 0.244 e. The van der Waals surface area contributed by atoms with Gasteiger partial charge < -0.3 is 5.11 Å². The van der Waals surface area contributed by atoms with Crippen LogP contribution in [0.3, 0.4) is 0 Å². The fourth-order valence-electron chi connectivity index (χ4n) is 2.63. The summed E-state index contributed by atoms with van der Waals surface area (Å²) in [6.45, 7) is 4.05. The Balaban J connectivity index is 2.51. The van der Waals surface area contributed by atoms with Crippen LogP contribution in [0.1, 0.15) is 32.3 Å². The van der Waals surface area contributed by atoms with Crippen molar-refractivity contribution in [1.82, 2.24) is 4.31 Å². The van der Waals surface area contributed by atoms with E-state index in [1.165, 1.54) is 16.4 Å². The molecular formula is C14H19Cl2NO3S. The minimum Gasteiger partial charge on any atom is -0.392 e. The van der Waals surface area contributed by atoms with Crippen molar-refractivity contribution < 1.29 is 13.5 Å². The van der Waals surface area contributed by atoms with E-state index in [9.17, 15) is 13.5 Å². The molecule has 1 aromatic carbocycles. The Labute approximate surface area is 135 Å². The van der Waals surface area contributed by atoms with Crippen molar-refractivity contribution in [1.29, 1.82) is 0 Å². The van der Waals surface area contributed by atoms with E-state index in [-0.39, 0.29) is 27.6 Å². The van der Waals surface area contributed by atoms with Gasteiger partial charge in [-0.2, -0.15) is 4.31 Å². The summed E-state index contributed by atoms with van der Waals surface area (Å²) in [5.41, 5.74) is 0.320. The highest BCUT2D eigenvalue weighted by Gasteiger charge is 2.35. The molecule has 2 rings (SSSR count). The highest BCUT2D eigenvalue weighted by Crippen LogP contribution is 2.34. The first-order chi connectivity index (χ1) is 9.77. The number of sulfonamides is 1. The third kappa shape index (κ3) is 3.37. The van der Waals surface area contributed by atoms with Crippen LogP contribution in [0.15, 0.2) is 17.0 Å². The monoisotopic (exact) mass is 351 g/mol. The Morgan fingerprint density at radius 3 is 2.57 bits per heavy atom. The standard InChI is InChI=1S/C14H19Cl2NO3S/c1-9-3-4-10(2)17(7-9)21(19,20)13-6-12(15)5-11(8-18)14(13)16/h5-6,9-10,18H,3-4,7-8H2,1-2H3. The number of aliphatic hydroxyl groups is 1. The third-order valence-corrected chi connectivity index (χ3v) is 6.68. The SMILES string of the molecule is CC1CCC(C)N(S(=O)(=O)c2cc(Cl)cc(CO)c2Cl)C1. The fourth-order valence-corrected chi connectivity index (χ4v) is 5.31. The van der Waals surface area contributed by atoms with Crippen LogP contribution in [-0.2, 0) is 16.6 Å². The number of hydrogen-bond donors (Lipinski definition) is 1. The number of hydrogen-bond acceptors (Lipinski definition) is 3. The number of rotatable bonds is 3. The summed E-state index contributed by atoms with van der Waals surface area (Å²) in [6.07, 6.45) is 1.84. The van der Waals surface area contributed by atoms with Gasteiger partial charge in [-0.05, 0) is 43.4 Å². The van der Waals surface area contributed by atoms with Gasteiger partial charge in [0.05, 0.1) is 11.6 Å². The quantitative estimate of drug-likeness (QED) is 0.908. The van der Waals surface area contributed by atoms with E-state index < -0.39 is 10.0 Å². The van der Waals surface area contributed by atoms with Gasteiger partial charge in [0.1, 0.15) is 4.90 Å². The first-order valence-electron chi connectivity index (χ1n) is 6.88. The largest absolute Gasteiger partial charge is 0.392 e. The minimum atomic E-state index is -3.72. The highest BCUT2D eigenvalue weighted by molar-refractivity contribution is 7.89. The van der Waals surface area contributed by atoms with Gasteiger partial charge in [-0.1, -0.05) is 30.1 Å². The minimum absolute atomic E-state index is 0.0262. The molecule has 1 saturated heterocycles. The number of aliphatic hydroxyl groups excluding tert-OH is 1. The molecule has 4 nitrogen and oxygen atoms in total. The summed E-state index contributed by atoms with van der Waals surface area (Å²) in [5.74, 6) is 0.311. The first-order valence-corrected chi connectivity index (χ1v) is 9.07. The molecule has 2 unspecified atom stereocenters. The molecule has 0 aromatic heterocycles. The average Bonchev–Trinajstić information content (AvgIpc) is 2.43. The molecule has 0 spiro atoms. The molecule has 118 valence electrons. The molecule has 1 aliphatic rings. The zero-order chi connectivity index (χ0) is 15.8. The van der Waals surface area contributed by atoms with Crippen LogP contribution in [0.5, 0.6) is 0 Å². The van der Waals surface area contributed by atoms with Crippen LogP contribution in [0.4, 0.5) is 0 Å². The maximum atomic E-state index is 12.9. The topological polar surface area (TPSA) is 57.6 Å². The van der Waals surface area contributed by atoms with Crippen molar-refractivity contribution in [3.63, 3.8) is 0 Å². The van der Waals surface area contributed by atoms with Crippen LogP contribution >= 0.6 is 23.2 Å². The normalized spacial score (nSPS) is 24.2. The lowest BCUT2D eigenvalue weighted by molar-refractivity contribution is 0.218. The number of halogens is 2. The van der Waals surface area contributed by atoms with E-state index in [0.29, 0.717) is 18.0 Å². The van der Waals surface area contributed by atoms with Gasteiger partial charge in [-0.3, -0.25) is 0 Å². The molecule has 0 amide bonds. The molecule has 1 aromatic rings. The van der Waals surface area contributed by atoms with Crippen molar-refractivity contribution in [2.24, 2.45) is 5.92 Å². The van der Waals surface area contributed by atoms with Crippen LogP contribution in [0.25, 0.3) is 0 Å². The summed E-state index contributed by atoms with van der Waals surface area (Å²) in [7, 11) is -3.72. The molecule has 1 aliphatic heterocycles. The Morgan fingerprint density at radius 1 is 1.29 bits per heavy atom. The van der Waals surface area contributed by atoms with Crippen molar-refractivity contribution in [2.45, 2.75) is 44.2 Å². The van der Waals surface area contributed by atoms with Crippen LogP contribution in [0.2, 0.25) is 10.0 Å². The Hall–Kier alpha value is -0.330. The van der Waals surface area contributed by atoms with Gasteiger partial charge in [0.25, 0.3) is 0 Å². The van der Waals surface area contributed by atoms with Crippen molar-refractivity contribution in [3.05, 3.63) is 27.7 Å². The van der Waals surface area contributed by atoms with Gasteiger partial charge in [0.15, 0.2) is 0 Å². The lowest BCUT2D eigenvalue weighted by atomic mass is 9.97. The third-order valence-electron chi connectivity index (χ3n) is 3.90. The Morgan fingerprint density at radius 2 is 1.95 bits per heavy atom. The van der Waals surface area contributed by atoms with Crippen LogP contribution in [0, 0.1) is 5.92 Å². The van der Waals surface area contributed by atoms with Crippen LogP contribution in [-0.4, -0.2) is 30.4 Å². The molecule has 1 fully saturated rings. The van der Waals surface area contributed by atoms with Gasteiger partial charge in [0, 0.05) is 17.6 Å². The zero-order valence-corrected chi connectivity index (χ0v) is 14.3. The highest BCUT2D eigenvalue weighted by atomic mass is 35.5. The molecular weight excluding hydrogens is 333 g/mol. The second-order valence-corrected chi connectivity index (χ2v) is 8.31. The molecule has 1 heterocycles. The van der Waals surface area contributed by atoms with Crippen LogP contribution < -0.4 is 0 Å². The fraction of sp³-hybridized carbons (Fsp3) is 0.571. The average molecular weight is 352 g/mol. The summed E-state index contributed by atoms with van der Waals surface area (Å²) in [6, 6.07) is 2.76. The molecule has 0 bridgehead atoms. The molecule has 0 aliphatic carbocycles. The van der Waals surface area contributed by atoms with E-state index in [4.69, 9.17) is 23.2 Å². The van der Waals surface area contributed by atoms with E-state index in [2.05, 4.69) is 0 Å². The first kappa shape index (κ1) is 17.0. The van der Waals surface area contributed by atoms with E-state index in [1.807, 2.05) is 13.8 Å². The molecule has 1 N–H and O–H groups in total. The van der Waals surface area contributed by atoms with Crippen molar-refractivity contribution in [2.75, 3.05) is 6.54 Å². The molecule has 2 atom stereocenters. The van der Waals surface area contributed by atoms with E-state index >= 15 is 0 Å². The lowest BCUT2D eigenvalue weighted by Crippen LogP contribution is -2.44. The molecule has 0 radical (unpaired) electrons. The maximum absolute atomic E-state index is 12.9. The maximum Gasteiger partial charge on any atom is 0.244 e. The zero-order valence-electron chi connectivity index (χ0n) is 12.0. The van der Waals surface area contributed by atoms with Crippen molar-refractivity contribution in [3.8, 4) is 0 Å². The summed E-state index contributed by atoms with van der Waals surface area (Å²) in [4.78, 5) is -0.0262. The Kier molecular flexibility index (Phi) is 5.21. The van der Waals surface area contributed by atoms with Gasteiger partial charge >= 0.3 is 0 Å². The van der Waals surface area contributed by atoms with Gasteiger partial charge in [-0.25, -0.2) is 8.42 Å². The summed E-state index contributed by atoms with van der Waals surface area (Å²) < 4.78 is 27.3. The molecule has 21 heavy (non-hydrogen) atoms. The summed E-state index contributed by atoms with van der Waals surface area (Å²) >= 11 is 12.1. The second-order valence-electron chi connectivity index (χ2n) is 5.64. The molecule has 0 saturated carbocycles. The predicted octanol–water partition coefficient (Wildman–Crippen LogP) is 3.29.